The molecule has 0 radical (unpaired) electrons. The van der Waals surface area contributed by atoms with Crippen LogP contribution in [0.15, 0.2) is 42.5 Å². The molecule has 0 aromatic heterocycles. The number of carbonyl (C=O) groups is 1. The number of benzene rings is 2. The van der Waals surface area contributed by atoms with Crippen molar-refractivity contribution in [2.24, 2.45) is 0 Å². The fraction of sp³-hybridized carbons (Fsp3) is 0.0714. The maximum Gasteiger partial charge on any atom is 0.253 e. The van der Waals surface area contributed by atoms with Crippen LogP contribution < -0.4 is 0 Å². The molecule has 0 aliphatic rings. The molecular formula is C14H10Cl2O. The molecule has 86 valence electrons. The van der Waals surface area contributed by atoms with E-state index in [2.05, 4.69) is 0 Å². The van der Waals surface area contributed by atoms with Gasteiger partial charge < -0.3 is 0 Å². The molecule has 0 spiro atoms. The Morgan fingerprint density at radius 1 is 1.06 bits per heavy atom. The average Bonchev–Trinajstić information content (AvgIpc) is 2.30. The summed E-state index contributed by atoms with van der Waals surface area (Å²) in [7, 11) is 0. The van der Waals surface area contributed by atoms with Gasteiger partial charge in [0.2, 0.25) is 0 Å². The number of carbonyl (C=O) groups excluding carboxylic acids is 1. The maximum absolute atomic E-state index is 11.4. The summed E-state index contributed by atoms with van der Waals surface area (Å²) in [6.07, 6.45) is 0. The van der Waals surface area contributed by atoms with E-state index in [-0.39, 0.29) is 0 Å². The second-order valence-electron chi connectivity index (χ2n) is 3.78. The summed E-state index contributed by atoms with van der Waals surface area (Å²) in [5.41, 5.74) is 3.34. The van der Waals surface area contributed by atoms with Crippen LogP contribution in [0.1, 0.15) is 15.9 Å². The molecule has 2 aromatic rings. The van der Waals surface area contributed by atoms with Crippen LogP contribution in [-0.4, -0.2) is 5.24 Å². The minimum absolute atomic E-state index is 0.446. The third-order valence-electron chi connectivity index (χ3n) is 2.62. The minimum atomic E-state index is -0.446. The van der Waals surface area contributed by atoms with Crippen LogP contribution in [0.3, 0.4) is 0 Å². The summed E-state index contributed by atoms with van der Waals surface area (Å²) in [5, 5.41) is 0.222. The Balaban J connectivity index is 2.65. The fourth-order valence-corrected chi connectivity index (χ4v) is 2.11. The molecule has 0 amide bonds. The monoisotopic (exact) mass is 264 g/mol. The van der Waals surface area contributed by atoms with E-state index >= 15 is 0 Å². The highest BCUT2D eigenvalue weighted by atomic mass is 35.5. The predicted octanol–water partition coefficient (Wildman–Crippen LogP) is 4.69. The molecule has 1 nitrogen and oxygen atoms in total. The average molecular weight is 265 g/mol. The van der Waals surface area contributed by atoms with Gasteiger partial charge in [0.05, 0.1) is 0 Å². The Kier molecular flexibility index (Phi) is 3.51. The zero-order chi connectivity index (χ0) is 12.4. The first-order valence-electron chi connectivity index (χ1n) is 5.15. The Hall–Kier alpha value is -1.31. The smallest absolute Gasteiger partial charge is 0.253 e. The topological polar surface area (TPSA) is 17.1 Å². The van der Waals surface area contributed by atoms with Crippen molar-refractivity contribution in [2.45, 2.75) is 6.92 Å². The molecule has 0 unspecified atom stereocenters. The van der Waals surface area contributed by atoms with Crippen molar-refractivity contribution >= 4 is 28.4 Å². The Labute approximate surface area is 110 Å². The van der Waals surface area contributed by atoms with Gasteiger partial charge in [-0.05, 0) is 53.4 Å². The second-order valence-corrected chi connectivity index (χ2v) is 4.56. The predicted molar refractivity (Wildman–Crippen MR) is 71.8 cm³/mol. The number of rotatable bonds is 2. The molecule has 0 bridgehead atoms. The van der Waals surface area contributed by atoms with Crippen LogP contribution in [0.5, 0.6) is 0 Å². The van der Waals surface area contributed by atoms with Gasteiger partial charge >= 0.3 is 0 Å². The van der Waals surface area contributed by atoms with Crippen molar-refractivity contribution in [3.8, 4) is 11.1 Å². The normalized spacial score (nSPS) is 10.3. The lowest BCUT2D eigenvalue weighted by Gasteiger charge is -2.10. The molecule has 3 heteroatoms. The van der Waals surface area contributed by atoms with Crippen molar-refractivity contribution in [2.75, 3.05) is 0 Å². The highest BCUT2D eigenvalue weighted by Crippen LogP contribution is 2.29. The third-order valence-corrected chi connectivity index (χ3v) is 3.07. The number of hydrogen-bond donors (Lipinski definition) is 0. The maximum atomic E-state index is 11.4. The SMILES string of the molecule is Cc1cccc(C(=O)Cl)c1-c1ccc(Cl)cc1. The first kappa shape index (κ1) is 12.2. The Bertz CT molecular complexity index is 559. The summed E-state index contributed by atoms with van der Waals surface area (Å²) >= 11 is 11.4. The fourth-order valence-electron chi connectivity index (χ4n) is 1.83. The van der Waals surface area contributed by atoms with Crippen molar-refractivity contribution < 1.29 is 4.79 Å². The van der Waals surface area contributed by atoms with Crippen molar-refractivity contribution in [3.63, 3.8) is 0 Å². The van der Waals surface area contributed by atoms with Gasteiger partial charge in [0, 0.05) is 10.6 Å². The Morgan fingerprint density at radius 2 is 1.71 bits per heavy atom. The standard InChI is InChI=1S/C14H10Cl2O/c1-9-3-2-4-12(14(16)17)13(9)10-5-7-11(15)8-6-10/h2-8H,1H3. The van der Waals surface area contributed by atoms with Crippen LogP contribution in [0.25, 0.3) is 11.1 Å². The molecule has 0 saturated carbocycles. The molecule has 0 atom stereocenters. The molecule has 17 heavy (non-hydrogen) atoms. The number of hydrogen-bond acceptors (Lipinski definition) is 1. The van der Waals surface area contributed by atoms with Crippen LogP contribution in [-0.2, 0) is 0 Å². The summed E-state index contributed by atoms with van der Waals surface area (Å²) in [6, 6.07) is 12.9. The second kappa shape index (κ2) is 4.91. The van der Waals surface area contributed by atoms with E-state index in [9.17, 15) is 4.79 Å². The van der Waals surface area contributed by atoms with Gasteiger partial charge in [-0.25, -0.2) is 0 Å². The van der Waals surface area contributed by atoms with E-state index < -0.39 is 5.24 Å². The van der Waals surface area contributed by atoms with E-state index in [1.807, 2.05) is 31.2 Å². The molecule has 0 aliphatic heterocycles. The van der Waals surface area contributed by atoms with E-state index in [0.29, 0.717) is 10.6 Å². The molecule has 0 fully saturated rings. The molecule has 0 saturated heterocycles. The van der Waals surface area contributed by atoms with Crippen molar-refractivity contribution in [3.05, 3.63) is 58.6 Å². The Morgan fingerprint density at radius 3 is 2.29 bits per heavy atom. The lowest BCUT2D eigenvalue weighted by molar-refractivity contribution is 0.108. The summed E-state index contributed by atoms with van der Waals surface area (Å²) in [6.45, 7) is 1.95. The first-order valence-corrected chi connectivity index (χ1v) is 5.90. The van der Waals surface area contributed by atoms with Gasteiger partial charge in [-0.1, -0.05) is 35.9 Å². The summed E-state index contributed by atoms with van der Waals surface area (Å²) in [4.78, 5) is 11.4. The lowest BCUT2D eigenvalue weighted by Crippen LogP contribution is -1.96. The van der Waals surface area contributed by atoms with Gasteiger partial charge in [0.25, 0.3) is 5.24 Å². The van der Waals surface area contributed by atoms with E-state index in [1.54, 1.807) is 18.2 Å². The number of halogens is 2. The van der Waals surface area contributed by atoms with Gasteiger partial charge in [0.1, 0.15) is 0 Å². The molecule has 0 N–H and O–H groups in total. The van der Waals surface area contributed by atoms with Crippen molar-refractivity contribution in [1.29, 1.82) is 0 Å². The lowest BCUT2D eigenvalue weighted by atomic mass is 9.96. The van der Waals surface area contributed by atoms with Gasteiger partial charge in [-0.15, -0.1) is 0 Å². The summed E-state index contributed by atoms with van der Waals surface area (Å²) in [5.74, 6) is 0. The minimum Gasteiger partial charge on any atom is -0.276 e. The summed E-state index contributed by atoms with van der Waals surface area (Å²) < 4.78 is 0. The first-order chi connectivity index (χ1) is 8.09. The molecule has 0 aliphatic carbocycles. The van der Waals surface area contributed by atoms with E-state index in [0.717, 1.165) is 16.7 Å². The van der Waals surface area contributed by atoms with Gasteiger partial charge in [-0.3, -0.25) is 4.79 Å². The highest BCUT2D eigenvalue weighted by molar-refractivity contribution is 6.68. The quantitative estimate of drug-likeness (QED) is 0.719. The van der Waals surface area contributed by atoms with Gasteiger partial charge in [-0.2, -0.15) is 0 Å². The van der Waals surface area contributed by atoms with E-state index in [4.69, 9.17) is 23.2 Å². The van der Waals surface area contributed by atoms with Gasteiger partial charge in [0.15, 0.2) is 0 Å². The van der Waals surface area contributed by atoms with Crippen LogP contribution in [0, 0.1) is 6.92 Å². The third kappa shape index (κ3) is 2.51. The zero-order valence-corrected chi connectivity index (χ0v) is 10.7. The zero-order valence-electron chi connectivity index (χ0n) is 9.21. The molecule has 0 heterocycles. The number of aryl methyl sites for hydroxylation is 1. The molecule has 2 aromatic carbocycles. The van der Waals surface area contributed by atoms with Crippen LogP contribution in [0.2, 0.25) is 5.02 Å². The van der Waals surface area contributed by atoms with Crippen LogP contribution >= 0.6 is 23.2 Å². The van der Waals surface area contributed by atoms with Crippen LogP contribution in [0.4, 0.5) is 0 Å². The van der Waals surface area contributed by atoms with Crippen molar-refractivity contribution in [1.82, 2.24) is 0 Å². The molecular weight excluding hydrogens is 255 g/mol. The largest absolute Gasteiger partial charge is 0.276 e. The highest BCUT2D eigenvalue weighted by Gasteiger charge is 2.12. The van der Waals surface area contributed by atoms with E-state index in [1.165, 1.54) is 0 Å². The molecule has 2 rings (SSSR count).